The second kappa shape index (κ2) is 11.7. The van der Waals surface area contributed by atoms with Gasteiger partial charge in [0.2, 0.25) is 5.82 Å². The molecule has 216 valence electrons. The first-order valence-electron chi connectivity index (χ1n) is 14.7. The van der Waals surface area contributed by atoms with Gasteiger partial charge in [0.1, 0.15) is 5.75 Å². The number of carbonyl (C=O) groups excluding carboxylic acids is 1. The van der Waals surface area contributed by atoms with E-state index >= 15 is 0 Å². The molecule has 0 radical (unpaired) electrons. The number of rotatable bonds is 11. The summed E-state index contributed by atoms with van der Waals surface area (Å²) in [4.78, 5) is 16.5. The SMILES string of the molecule is COc1cccc(CN(C(=O)C2=C(c3ccc(CCCOc4noc(C)c4F)cc3)CC3CCC2N3)C2CC2)c1C. The van der Waals surface area contributed by atoms with Crippen LogP contribution in [0, 0.1) is 19.7 Å². The van der Waals surface area contributed by atoms with Crippen molar-refractivity contribution in [2.24, 2.45) is 0 Å². The second-order valence-electron chi connectivity index (χ2n) is 11.5. The van der Waals surface area contributed by atoms with E-state index in [-0.39, 0.29) is 23.6 Å². The van der Waals surface area contributed by atoms with Crippen molar-refractivity contribution >= 4 is 11.5 Å². The summed E-state index contributed by atoms with van der Waals surface area (Å²) >= 11 is 0. The fraction of sp³-hybridized carbons (Fsp3) is 0.455. The molecule has 6 rings (SSSR count). The van der Waals surface area contributed by atoms with Crippen molar-refractivity contribution in [1.29, 1.82) is 0 Å². The Balaban J connectivity index is 1.19. The molecular formula is C33H38FN3O4. The first-order chi connectivity index (χ1) is 19.9. The number of benzene rings is 2. The number of fused-ring (bicyclic) bond motifs is 2. The Morgan fingerprint density at radius 1 is 1.12 bits per heavy atom. The Morgan fingerprint density at radius 2 is 1.93 bits per heavy atom. The quantitative estimate of drug-likeness (QED) is 0.294. The third-order valence-corrected chi connectivity index (χ3v) is 8.71. The molecule has 1 aromatic heterocycles. The highest BCUT2D eigenvalue weighted by Gasteiger charge is 2.42. The molecule has 3 aliphatic rings. The van der Waals surface area contributed by atoms with Crippen LogP contribution in [0.15, 0.2) is 52.6 Å². The number of methoxy groups -OCH3 is 1. The van der Waals surface area contributed by atoms with E-state index < -0.39 is 5.82 Å². The van der Waals surface area contributed by atoms with Crippen molar-refractivity contribution in [3.63, 3.8) is 0 Å². The standard InChI is InChI=1S/C33H38FN3O4/c1-20-24(7-4-8-29(20)39-3)19-37(26-14-15-26)33(38)30-27(18-25-13-16-28(30)35-25)23-11-9-22(10-12-23)6-5-17-40-32-31(34)21(2)41-36-32/h4,7-12,25-26,28,35H,5-6,13-19H2,1-3H3. The van der Waals surface area contributed by atoms with Crippen LogP contribution in [0.2, 0.25) is 0 Å². The van der Waals surface area contributed by atoms with Crippen LogP contribution in [0.25, 0.3) is 5.57 Å². The van der Waals surface area contributed by atoms with Crippen molar-refractivity contribution < 1.29 is 23.2 Å². The van der Waals surface area contributed by atoms with Gasteiger partial charge in [0.25, 0.3) is 11.8 Å². The Kier molecular flexibility index (Phi) is 7.84. The van der Waals surface area contributed by atoms with Crippen LogP contribution in [-0.4, -0.2) is 47.8 Å². The number of halogens is 1. The molecule has 3 heterocycles. The number of hydrogen-bond donors (Lipinski definition) is 1. The first kappa shape index (κ1) is 27.5. The van der Waals surface area contributed by atoms with Crippen molar-refractivity contribution in [3.8, 4) is 11.6 Å². The molecule has 7 nitrogen and oxygen atoms in total. The average Bonchev–Trinajstić information content (AvgIpc) is 3.69. The zero-order valence-corrected chi connectivity index (χ0v) is 24.0. The van der Waals surface area contributed by atoms with E-state index in [9.17, 15) is 9.18 Å². The van der Waals surface area contributed by atoms with Crippen molar-refractivity contribution in [2.75, 3.05) is 13.7 Å². The van der Waals surface area contributed by atoms with Crippen LogP contribution >= 0.6 is 0 Å². The summed E-state index contributed by atoms with van der Waals surface area (Å²) in [7, 11) is 1.69. The molecule has 1 amide bonds. The van der Waals surface area contributed by atoms with E-state index in [4.69, 9.17) is 14.0 Å². The zero-order chi connectivity index (χ0) is 28.5. The summed E-state index contributed by atoms with van der Waals surface area (Å²) in [6.45, 7) is 4.54. The van der Waals surface area contributed by atoms with E-state index in [1.807, 2.05) is 12.1 Å². The van der Waals surface area contributed by atoms with Gasteiger partial charge in [-0.05, 0) is 97.8 Å². The van der Waals surface area contributed by atoms with Gasteiger partial charge in [-0.3, -0.25) is 4.79 Å². The molecule has 2 aromatic carbocycles. The van der Waals surface area contributed by atoms with Gasteiger partial charge >= 0.3 is 0 Å². The van der Waals surface area contributed by atoms with Gasteiger partial charge in [-0.25, -0.2) is 0 Å². The highest BCUT2D eigenvalue weighted by Crippen LogP contribution is 2.40. The molecule has 41 heavy (non-hydrogen) atoms. The lowest BCUT2D eigenvalue weighted by molar-refractivity contribution is -0.128. The minimum absolute atomic E-state index is 0.0793. The fourth-order valence-electron chi connectivity index (χ4n) is 6.22. The minimum Gasteiger partial charge on any atom is -0.496 e. The predicted octanol–water partition coefficient (Wildman–Crippen LogP) is 5.92. The summed E-state index contributed by atoms with van der Waals surface area (Å²) in [5, 5.41) is 7.32. The van der Waals surface area contributed by atoms with E-state index in [0.29, 0.717) is 25.2 Å². The Hall–Kier alpha value is -3.65. The van der Waals surface area contributed by atoms with Crippen LogP contribution < -0.4 is 14.8 Å². The van der Waals surface area contributed by atoms with E-state index in [0.717, 1.165) is 73.0 Å². The second-order valence-corrected chi connectivity index (χ2v) is 11.5. The maximum atomic E-state index is 14.3. The summed E-state index contributed by atoms with van der Waals surface area (Å²) < 4.78 is 29.6. The van der Waals surface area contributed by atoms with Gasteiger partial charge in [-0.15, -0.1) is 0 Å². The summed E-state index contributed by atoms with van der Waals surface area (Å²) in [5.41, 5.74) is 6.65. The highest BCUT2D eigenvalue weighted by atomic mass is 19.1. The summed E-state index contributed by atoms with van der Waals surface area (Å²) in [6.07, 6.45) is 6.59. The van der Waals surface area contributed by atoms with Crippen molar-refractivity contribution in [2.45, 2.75) is 83.5 Å². The normalized spacial score (nSPS) is 19.9. The van der Waals surface area contributed by atoms with E-state index in [2.05, 4.69) is 52.6 Å². The van der Waals surface area contributed by atoms with E-state index in [1.54, 1.807) is 7.11 Å². The van der Waals surface area contributed by atoms with Gasteiger partial charge in [0.15, 0.2) is 5.76 Å². The largest absolute Gasteiger partial charge is 0.496 e. The molecular weight excluding hydrogens is 521 g/mol. The molecule has 2 fully saturated rings. The molecule has 1 saturated heterocycles. The lowest BCUT2D eigenvalue weighted by atomic mass is 9.88. The molecule has 2 bridgehead atoms. The Labute approximate surface area is 240 Å². The topological polar surface area (TPSA) is 76.8 Å². The number of hydrogen-bond acceptors (Lipinski definition) is 6. The number of aromatic nitrogens is 1. The maximum Gasteiger partial charge on any atom is 0.290 e. The fourth-order valence-corrected chi connectivity index (χ4v) is 6.22. The van der Waals surface area contributed by atoms with Crippen LogP contribution in [-0.2, 0) is 17.8 Å². The molecule has 1 saturated carbocycles. The lowest BCUT2D eigenvalue weighted by Crippen LogP contribution is -2.44. The predicted molar refractivity (Wildman–Crippen MR) is 154 cm³/mol. The van der Waals surface area contributed by atoms with Crippen molar-refractivity contribution in [3.05, 3.63) is 81.9 Å². The zero-order valence-electron chi connectivity index (χ0n) is 24.0. The van der Waals surface area contributed by atoms with Crippen molar-refractivity contribution in [1.82, 2.24) is 15.4 Å². The number of amides is 1. The molecule has 8 heteroatoms. The van der Waals surface area contributed by atoms with Crippen LogP contribution in [0.3, 0.4) is 0 Å². The van der Waals surface area contributed by atoms with Crippen LogP contribution in [0.4, 0.5) is 4.39 Å². The molecule has 0 spiro atoms. The first-order valence-corrected chi connectivity index (χ1v) is 14.7. The Bertz CT molecular complexity index is 1440. The average molecular weight is 560 g/mol. The molecule has 1 N–H and O–H groups in total. The van der Waals surface area contributed by atoms with Gasteiger partial charge in [-0.2, -0.15) is 4.39 Å². The highest BCUT2D eigenvalue weighted by molar-refractivity contribution is 6.03. The van der Waals surface area contributed by atoms with Gasteiger partial charge in [0, 0.05) is 30.2 Å². The number of nitrogens with zero attached hydrogens (tertiary/aromatic N) is 2. The molecule has 2 aliphatic heterocycles. The smallest absolute Gasteiger partial charge is 0.290 e. The van der Waals surface area contributed by atoms with Gasteiger partial charge < -0.3 is 24.2 Å². The maximum absolute atomic E-state index is 14.3. The molecule has 2 atom stereocenters. The van der Waals surface area contributed by atoms with Gasteiger partial charge in [-0.1, -0.05) is 36.4 Å². The van der Waals surface area contributed by atoms with Gasteiger partial charge in [0.05, 0.1) is 13.7 Å². The minimum atomic E-state index is -0.539. The number of carbonyl (C=O) groups is 1. The van der Waals surface area contributed by atoms with Crippen LogP contribution in [0.5, 0.6) is 11.6 Å². The summed E-state index contributed by atoms with van der Waals surface area (Å²) in [6, 6.07) is 15.5. The number of aryl methyl sites for hydroxylation is 2. The third-order valence-electron chi connectivity index (χ3n) is 8.71. The summed E-state index contributed by atoms with van der Waals surface area (Å²) in [5.74, 6) is 0.534. The third kappa shape index (κ3) is 5.75. The molecule has 3 aromatic rings. The molecule has 2 unspecified atom stereocenters. The monoisotopic (exact) mass is 559 g/mol. The Morgan fingerprint density at radius 3 is 2.63 bits per heavy atom. The van der Waals surface area contributed by atoms with Crippen LogP contribution in [0.1, 0.15) is 66.5 Å². The number of ether oxygens (including phenoxy) is 2. The van der Waals surface area contributed by atoms with E-state index in [1.165, 1.54) is 18.1 Å². The number of nitrogens with one attached hydrogen (secondary N) is 1. The molecule has 1 aliphatic carbocycles. The lowest BCUT2D eigenvalue weighted by Gasteiger charge is -2.32.